The van der Waals surface area contributed by atoms with Crippen molar-refractivity contribution in [1.82, 2.24) is 4.98 Å². The Kier molecular flexibility index (Phi) is 3.44. The number of rotatable bonds is 2. The lowest BCUT2D eigenvalue weighted by molar-refractivity contribution is -0.137. The molecule has 19 heavy (non-hydrogen) atoms. The van der Waals surface area contributed by atoms with Gasteiger partial charge in [-0.2, -0.15) is 13.2 Å². The van der Waals surface area contributed by atoms with Gasteiger partial charge in [-0.25, -0.2) is 0 Å². The Morgan fingerprint density at radius 3 is 2.58 bits per heavy atom. The van der Waals surface area contributed by atoms with E-state index in [0.717, 1.165) is 12.1 Å². The van der Waals surface area contributed by atoms with Gasteiger partial charge in [0.05, 0.1) is 12.2 Å². The monoisotopic (exact) mass is 269 g/mol. The highest BCUT2D eigenvalue weighted by atomic mass is 19.4. The van der Waals surface area contributed by atoms with Crippen LogP contribution in [-0.2, 0) is 12.8 Å². The van der Waals surface area contributed by atoms with Crippen molar-refractivity contribution in [1.29, 1.82) is 0 Å². The second kappa shape index (κ2) is 4.89. The molecule has 1 aromatic carbocycles. The molecule has 3 nitrogen and oxygen atoms in total. The highest BCUT2D eigenvalue weighted by Crippen LogP contribution is 2.31. The maximum Gasteiger partial charge on any atom is 0.416 e. The Labute approximate surface area is 106 Å². The number of nitrogens with one attached hydrogen (secondary N) is 1. The molecule has 1 heterocycles. The molecule has 0 saturated carbocycles. The molecule has 0 amide bonds. The normalized spacial score (nSPS) is 11.6. The topological polar surface area (TPSA) is 53.1 Å². The average molecular weight is 269 g/mol. The summed E-state index contributed by atoms with van der Waals surface area (Å²) in [7, 11) is 0. The van der Waals surface area contributed by atoms with Gasteiger partial charge in [-0.1, -0.05) is 12.1 Å². The molecular weight excluding hydrogens is 259 g/mol. The summed E-state index contributed by atoms with van der Waals surface area (Å²) in [5.74, 6) is 0. The van der Waals surface area contributed by atoms with E-state index >= 15 is 0 Å². The number of hydrogen-bond acceptors (Lipinski definition) is 2. The molecule has 0 bridgehead atoms. The number of hydrogen-bond donors (Lipinski definition) is 2. The summed E-state index contributed by atoms with van der Waals surface area (Å²) in [5, 5.41) is 8.98. The number of halogens is 3. The number of aromatic amines is 1. The Hall–Kier alpha value is -2.08. The lowest BCUT2D eigenvalue weighted by atomic mass is 10.0. The lowest BCUT2D eigenvalue weighted by Gasteiger charge is -2.09. The van der Waals surface area contributed by atoms with Crippen LogP contribution in [0.2, 0.25) is 0 Å². The Morgan fingerprint density at radius 1 is 1.21 bits per heavy atom. The van der Waals surface area contributed by atoms with Crippen LogP contribution in [0.5, 0.6) is 0 Å². The quantitative estimate of drug-likeness (QED) is 0.880. The molecule has 1 aromatic heterocycles. The molecule has 0 saturated heterocycles. The standard InChI is InChI=1S/C13H10F3NO2/c14-13(15,16)10-3-1-2-9(5-10)11-4-8(7-18)6-17-12(11)19/h1-6,18H,7H2,(H,17,19). The van der Waals surface area contributed by atoms with Gasteiger partial charge < -0.3 is 10.1 Å². The number of pyridine rings is 1. The predicted molar refractivity (Wildman–Crippen MR) is 63.4 cm³/mol. The number of benzene rings is 1. The minimum Gasteiger partial charge on any atom is -0.392 e. The third kappa shape index (κ3) is 2.85. The summed E-state index contributed by atoms with van der Waals surface area (Å²) >= 11 is 0. The summed E-state index contributed by atoms with van der Waals surface area (Å²) in [6.45, 7) is -0.303. The predicted octanol–water partition coefficient (Wildman–Crippen LogP) is 2.55. The maximum atomic E-state index is 12.6. The van der Waals surface area contributed by atoms with Crippen molar-refractivity contribution >= 4 is 0 Å². The van der Waals surface area contributed by atoms with Crippen molar-refractivity contribution in [3.8, 4) is 11.1 Å². The van der Waals surface area contributed by atoms with Crippen LogP contribution in [0.25, 0.3) is 11.1 Å². The average Bonchev–Trinajstić information content (AvgIpc) is 2.38. The number of alkyl halides is 3. The van der Waals surface area contributed by atoms with Crippen molar-refractivity contribution in [3.63, 3.8) is 0 Å². The first kappa shape index (κ1) is 13.4. The molecule has 0 radical (unpaired) electrons. The molecule has 100 valence electrons. The molecule has 0 atom stereocenters. The summed E-state index contributed by atoms with van der Waals surface area (Å²) < 4.78 is 37.8. The van der Waals surface area contributed by atoms with Crippen LogP contribution in [0, 0.1) is 0 Å². The third-order valence-corrected chi connectivity index (χ3v) is 2.65. The molecule has 6 heteroatoms. The largest absolute Gasteiger partial charge is 0.416 e. The summed E-state index contributed by atoms with van der Waals surface area (Å²) in [4.78, 5) is 14.0. The molecule has 2 N–H and O–H groups in total. The molecule has 0 spiro atoms. The van der Waals surface area contributed by atoms with Crippen molar-refractivity contribution in [3.05, 3.63) is 58.0 Å². The smallest absolute Gasteiger partial charge is 0.392 e. The van der Waals surface area contributed by atoms with E-state index in [1.807, 2.05) is 0 Å². The maximum absolute atomic E-state index is 12.6. The van der Waals surface area contributed by atoms with Crippen LogP contribution < -0.4 is 5.56 Å². The van der Waals surface area contributed by atoms with Gasteiger partial charge in [0.2, 0.25) is 0 Å². The molecular formula is C13H10F3NO2. The van der Waals surface area contributed by atoms with Gasteiger partial charge in [-0.05, 0) is 29.3 Å². The first-order chi connectivity index (χ1) is 8.91. The van der Waals surface area contributed by atoms with E-state index in [9.17, 15) is 18.0 Å². The van der Waals surface area contributed by atoms with E-state index < -0.39 is 17.3 Å². The fourth-order valence-corrected chi connectivity index (χ4v) is 1.70. The van der Waals surface area contributed by atoms with E-state index in [4.69, 9.17) is 5.11 Å². The fourth-order valence-electron chi connectivity index (χ4n) is 1.70. The van der Waals surface area contributed by atoms with Gasteiger partial charge in [0.15, 0.2) is 0 Å². The van der Waals surface area contributed by atoms with E-state index in [0.29, 0.717) is 5.56 Å². The first-order valence-corrected chi connectivity index (χ1v) is 5.42. The Morgan fingerprint density at radius 2 is 1.95 bits per heavy atom. The van der Waals surface area contributed by atoms with Gasteiger partial charge in [-0.15, -0.1) is 0 Å². The van der Waals surface area contributed by atoms with Gasteiger partial charge in [-0.3, -0.25) is 4.79 Å². The highest BCUT2D eigenvalue weighted by Gasteiger charge is 2.30. The van der Waals surface area contributed by atoms with Gasteiger partial charge in [0, 0.05) is 11.8 Å². The van der Waals surface area contributed by atoms with Crippen LogP contribution in [0.3, 0.4) is 0 Å². The van der Waals surface area contributed by atoms with E-state index in [-0.39, 0.29) is 17.7 Å². The van der Waals surface area contributed by atoms with E-state index in [2.05, 4.69) is 4.98 Å². The van der Waals surface area contributed by atoms with Crippen molar-refractivity contribution < 1.29 is 18.3 Å². The summed E-state index contributed by atoms with van der Waals surface area (Å²) in [6, 6.07) is 5.87. The Bertz CT molecular complexity index is 647. The molecule has 2 rings (SSSR count). The minimum absolute atomic E-state index is 0.0950. The van der Waals surface area contributed by atoms with Gasteiger partial charge >= 0.3 is 6.18 Å². The number of aliphatic hydroxyl groups excluding tert-OH is 1. The van der Waals surface area contributed by atoms with Crippen LogP contribution in [0.15, 0.2) is 41.3 Å². The zero-order chi connectivity index (χ0) is 14.0. The van der Waals surface area contributed by atoms with E-state index in [1.165, 1.54) is 24.4 Å². The van der Waals surface area contributed by atoms with Crippen LogP contribution in [-0.4, -0.2) is 10.1 Å². The van der Waals surface area contributed by atoms with Crippen LogP contribution >= 0.6 is 0 Å². The summed E-state index contributed by atoms with van der Waals surface area (Å²) in [6.07, 6.45) is -3.14. The van der Waals surface area contributed by atoms with Crippen LogP contribution in [0.4, 0.5) is 13.2 Å². The molecule has 0 aliphatic rings. The second-order valence-electron chi connectivity index (χ2n) is 3.99. The van der Waals surface area contributed by atoms with Gasteiger partial charge in [0.25, 0.3) is 5.56 Å². The van der Waals surface area contributed by atoms with Crippen molar-refractivity contribution in [2.24, 2.45) is 0 Å². The molecule has 2 aromatic rings. The number of aliphatic hydroxyl groups is 1. The van der Waals surface area contributed by atoms with E-state index in [1.54, 1.807) is 0 Å². The molecule has 0 fully saturated rings. The zero-order valence-corrected chi connectivity index (χ0v) is 9.66. The van der Waals surface area contributed by atoms with Crippen LogP contribution in [0.1, 0.15) is 11.1 Å². The second-order valence-corrected chi connectivity index (χ2v) is 3.99. The first-order valence-electron chi connectivity index (χ1n) is 5.42. The molecule has 0 aliphatic carbocycles. The van der Waals surface area contributed by atoms with Crippen molar-refractivity contribution in [2.75, 3.05) is 0 Å². The fraction of sp³-hybridized carbons (Fsp3) is 0.154. The SMILES string of the molecule is O=c1[nH]cc(CO)cc1-c1cccc(C(F)(F)F)c1. The molecule has 0 unspecified atom stereocenters. The zero-order valence-electron chi connectivity index (χ0n) is 9.66. The highest BCUT2D eigenvalue weighted by molar-refractivity contribution is 5.64. The molecule has 0 aliphatic heterocycles. The number of H-pyrrole nitrogens is 1. The lowest BCUT2D eigenvalue weighted by Crippen LogP contribution is -2.10. The Balaban J connectivity index is 2.56. The van der Waals surface area contributed by atoms with Crippen molar-refractivity contribution in [2.45, 2.75) is 12.8 Å². The minimum atomic E-state index is -4.46. The third-order valence-electron chi connectivity index (χ3n) is 2.65. The van der Waals surface area contributed by atoms with Gasteiger partial charge in [0.1, 0.15) is 0 Å². The number of aromatic nitrogens is 1. The summed E-state index contributed by atoms with van der Waals surface area (Å²) in [5.41, 5.74) is -0.647.